The first-order chi connectivity index (χ1) is 7.04. The second-order valence-electron chi connectivity index (χ2n) is 3.48. The molecule has 0 aromatic heterocycles. The number of nitrogens with zero attached hydrogens (tertiary/aromatic N) is 1. The molecular weight excluding hydrogens is 195 g/mol. The van der Waals surface area contributed by atoms with E-state index in [1.54, 1.807) is 13.8 Å². The van der Waals surface area contributed by atoms with Crippen LogP contribution >= 0.6 is 0 Å². The Morgan fingerprint density at radius 1 is 1.47 bits per heavy atom. The topological polar surface area (TPSA) is 56.0 Å². The molecule has 2 atom stereocenters. The van der Waals surface area contributed by atoms with Crippen molar-refractivity contribution in [1.29, 1.82) is 5.26 Å². The average Bonchev–Trinajstić information content (AvgIpc) is 2.20. The fraction of sp³-hybridized carbons (Fsp3) is 0.364. The van der Waals surface area contributed by atoms with Crippen LogP contribution in [-0.4, -0.2) is 17.3 Å². The zero-order valence-corrected chi connectivity index (χ0v) is 8.66. The van der Waals surface area contributed by atoms with E-state index in [9.17, 15) is 9.50 Å². The van der Waals surface area contributed by atoms with Gasteiger partial charge in [-0.05, 0) is 32.0 Å². The van der Waals surface area contributed by atoms with Crippen molar-refractivity contribution in [2.75, 3.05) is 5.32 Å². The molecule has 0 radical (unpaired) electrons. The van der Waals surface area contributed by atoms with Crippen molar-refractivity contribution >= 4 is 5.69 Å². The van der Waals surface area contributed by atoms with Crippen molar-refractivity contribution in [3.63, 3.8) is 0 Å². The predicted molar refractivity (Wildman–Crippen MR) is 55.9 cm³/mol. The Labute approximate surface area is 88.2 Å². The lowest BCUT2D eigenvalue weighted by Crippen LogP contribution is -2.28. The van der Waals surface area contributed by atoms with Crippen LogP contribution in [0.5, 0.6) is 0 Å². The molecule has 0 heterocycles. The molecule has 2 N–H and O–H groups in total. The van der Waals surface area contributed by atoms with Crippen molar-refractivity contribution < 1.29 is 9.50 Å². The molecular formula is C11H13FN2O. The van der Waals surface area contributed by atoms with Gasteiger partial charge in [0.2, 0.25) is 0 Å². The Kier molecular flexibility index (Phi) is 3.64. The van der Waals surface area contributed by atoms with E-state index in [0.29, 0.717) is 5.69 Å². The van der Waals surface area contributed by atoms with Crippen LogP contribution in [0.4, 0.5) is 10.1 Å². The largest absolute Gasteiger partial charge is 0.391 e. The van der Waals surface area contributed by atoms with E-state index in [1.807, 2.05) is 6.07 Å². The third kappa shape index (κ3) is 2.93. The Bertz CT molecular complexity index is 385. The molecule has 1 rings (SSSR count). The minimum Gasteiger partial charge on any atom is -0.391 e. The van der Waals surface area contributed by atoms with Gasteiger partial charge in [-0.1, -0.05) is 0 Å². The Morgan fingerprint density at radius 3 is 2.67 bits per heavy atom. The van der Waals surface area contributed by atoms with Gasteiger partial charge in [0.1, 0.15) is 11.9 Å². The highest BCUT2D eigenvalue weighted by molar-refractivity contribution is 5.57. The number of rotatable bonds is 3. The summed E-state index contributed by atoms with van der Waals surface area (Å²) in [6.07, 6.45) is -0.540. The van der Waals surface area contributed by atoms with Crippen molar-refractivity contribution in [3.8, 4) is 6.07 Å². The first kappa shape index (κ1) is 11.5. The highest BCUT2D eigenvalue weighted by atomic mass is 19.1. The number of anilines is 1. The summed E-state index contributed by atoms with van der Waals surface area (Å²) in [5, 5.41) is 21.0. The number of aliphatic hydroxyl groups excluding tert-OH is 1. The second kappa shape index (κ2) is 4.76. The maximum atomic E-state index is 12.8. The van der Waals surface area contributed by atoms with Crippen LogP contribution in [-0.2, 0) is 0 Å². The highest BCUT2D eigenvalue weighted by Crippen LogP contribution is 2.17. The molecule has 4 heteroatoms. The van der Waals surface area contributed by atoms with Crippen molar-refractivity contribution in [2.45, 2.75) is 26.0 Å². The number of nitriles is 1. The Balaban J connectivity index is 2.91. The summed E-state index contributed by atoms with van der Waals surface area (Å²) in [5.41, 5.74) is 0.773. The molecule has 0 aliphatic carbocycles. The molecule has 80 valence electrons. The molecule has 0 saturated heterocycles. The lowest BCUT2D eigenvalue weighted by molar-refractivity contribution is 0.178. The van der Waals surface area contributed by atoms with Crippen LogP contribution in [0.15, 0.2) is 18.2 Å². The van der Waals surface area contributed by atoms with Crippen LogP contribution in [0.25, 0.3) is 0 Å². The zero-order valence-electron chi connectivity index (χ0n) is 8.66. The number of halogens is 1. The van der Waals surface area contributed by atoms with Crippen molar-refractivity contribution in [2.24, 2.45) is 0 Å². The van der Waals surface area contributed by atoms with Gasteiger partial charge in [0.15, 0.2) is 0 Å². The van der Waals surface area contributed by atoms with Crippen LogP contribution in [0.2, 0.25) is 0 Å². The molecule has 3 nitrogen and oxygen atoms in total. The van der Waals surface area contributed by atoms with E-state index in [0.717, 1.165) is 6.07 Å². The fourth-order valence-electron chi connectivity index (χ4n) is 1.10. The molecule has 0 spiro atoms. The van der Waals surface area contributed by atoms with Gasteiger partial charge in [-0.15, -0.1) is 0 Å². The monoisotopic (exact) mass is 208 g/mol. The summed E-state index contributed by atoms with van der Waals surface area (Å²) in [7, 11) is 0. The van der Waals surface area contributed by atoms with Crippen molar-refractivity contribution in [3.05, 3.63) is 29.6 Å². The molecule has 0 bridgehead atoms. The smallest absolute Gasteiger partial charge is 0.124 e. The molecule has 1 aromatic rings. The van der Waals surface area contributed by atoms with Crippen LogP contribution in [0, 0.1) is 17.1 Å². The second-order valence-corrected chi connectivity index (χ2v) is 3.48. The summed E-state index contributed by atoms with van der Waals surface area (Å²) in [5.74, 6) is -0.443. The molecule has 0 amide bonds. The van der Waals surface area contributed by atoms with E-state index >= 15 is 0 Å². The minimum atomic E-state index is -0.540. The summed E-state index contributed by atoms with van der Waals surface area (Å²) >= 11 is 0. The lowest BCUT2D eigenvalue weighted by Gasteiger charge is -2.18. The SMILES string of the molecule is CC(O)C(C)Nc1ccc(F)cc1C#N. The van der Waals surface area contributed by atoms with E-state index in [4.69, 9.17) is 5.26 Å². The van der Waals surface area contributed by atoms with E-state index in [2.05, 4.69) is 5.32 Å². The molecule has 0 saturated carbocycles. The van der Waals surface area contributed by atoms with Gasteiger partial charge < -0.3 is 10.4 Å². The quantitative estimate of drug-likeness (QED) is 0.797. The highest BCUT2D eigenvalue weighted by Gasteiger charge is 2.11. The van der Waals surface area contributed by atoms with Crippen LogP contribution in [0.3, 0.4) is 0 Å². The van der Waals surface area contributed by atoms with Gasteiger partial charge in [-0.2, -0.15) is 5.26 Å². The zero-order chi connectivity index (χ0) is 11.4. The molecule has 0 aliphatic rings. The standard InChI is InChI=1S/C11H13FN2O/c1-7(8(2)15)14-11-4-3-10(12)5-9(11)6-13/h3-5,7-8,14-15H,1-2H3. The summed E-state index contributed by atoms with van der Waals surface area (Å²) in [6, 6.07) is 5.64. The molecule has 15 heavy (non-hydrogen) atoms. The summed E-state index contributed by atoms with van der Waals surface area (Å²) < 4.78 is 12.8. The maximum Gasteiger partial charge on any atom is 0.124 e. The lowest BCUT2D eigenvalue weighted by atomic mass is 10.1. The summed E-state index contributed by atoms with van der Waals surface area (Å²) in [6.45, 7) is 3.43. The third-order valence-electron chi connectivity index (χ3n) is 2.21. The van der Waals surface area contributed by atoms with E-state index in [-0.39, 0.29) is 11.6 Å². The molecule has 1 aromatic carbocycles. The maximum absolute atomic E-state index is 12.8. The van der Waals surface area contributed by atoms with E-state index in [1.165, 1.54) is 12.1 Å². The molecule has 0 fully saturated rings. The van der Waals surface area contributed by atoms with Gasteiger partial charge in [0.25, 0.3) is 0 Å². The van der Waals surface area contributed by atoms with Gasteiger partial charge in [-0.25, -0.2) is 4.39 Å². The fourth-order valence-corrected chi connectivity index (χ4v) is 1.10. The number of hydrogen-bond acceptors (Lipinski definition) is 3. The van der Waals surface area contributed by atoms with Gasteiger partial charge in [0, 0.05) is 6.04 Å². The Hall–Kier alpha value is -1.60. The molecule has 0 aliphatic heterocycles. The van der Waals surface area contributed by atoms with Gasteiger partial charge in [-0.3, -0.25) is 0 Å². The normalized spacial score (nSPS) is 14.1. The van der Waals surface area contributed by atoms with Crippen molar-refractivity contribution in [1.82, 2.24) is 0 Å². The predicted octanol–water partition coefficient (Wildman–Crippen LogP) is 1.88. The Morgan fingerprint density at radius 2 is 2.13 bits per heavy atom. The number of aliphatic hydroxyl groups is 1. The van der Waals surface area contributed by atoms with Crippen LogP contribution in [0.1, 0.15) is 19.4 Å². The van der Waals surface area contributed by atoms with Gasteiger partial charge in [0.05, 0.1) is 17.4 Å². The average molecular weight is 208 g/mol. The van der Waals surface area contributed by atoms with Gasteiger partial charge >= 0.3 is 0 Å². The summed E-state index contributed by atoms with van der Waals surface area (Å²) in [4.78, 5) is 0. The first-order valence-electron chi connectivity index (χ1n) is 4.69. The first-order valence-corrected chi connectivity index (χ1v) is 4.69. The number of nitrogens with one attached hydrogen (secondary N) is 1. The number of hydrogen-bond donors (Lipinski definition) is 2. The van der Waals surface area contributed by atoms with Crippen LogP contribution < -0.4 is 5.32 Å². The third-order valence-corrected chi connectivity index (χ3v) is 2.21. The minimum absolute atomic E-state index is 0.192. The molecule has 2 unspecified atom stereocenters. The number of benzene rings is 1. The van der Waals surface area contributed by atoms with E-state index < -0.39 is 11.9 Å².